The van der Waals surface area contributed by atoms with E-state index in [1.165, 1.54) is 18.2 Å². The number of rotatable bonds is 6. The summed E-state index contributed by atoms with van der Waals surface area (Å²) in [4.78, 5) is 12.3. The van der Waals surface area contributed by atoms with Crippen LogP contribution in [0.15, 0.2) is 65.6 Å². The van der Waals surface area contributed by atoms with Crippen LogP contribution in [0.4, 0.5) is 10.1 Å². The molecule has 172 valence electrons. The van der Waals surface area contributed by atoms with E-state index in [0.29, 0.717) is 11.5 Å². The zero-order chi connectivity index (χ0) is 23.6. The second-order valence-electron chi connectivity index (χ2n) is 7.07. The minimum atomic E-state index is -4.07. The SMILES string of the molecule is O=C(Nc1ccc(Cl)c(Cl)c1)c1cc(S(=O)(=O)NC[C@H]2COc3ccccc3O2)ccc1F. The molecule has 4 rings (SSSR count). The summed E-state index contributed by atoms with van der Waals surface area (Å²) in [6.07, 6.45) is -0.562. The first-order valence-electron chi connectivity index (χ1n) is 9.67. The summed E-state index contributed by atoms with van der Waals surface area (Å²) in [6, 6.07) is 14.3. The first kappa shape index (κ1) is 23.3. The van der Waals surface area contributed by atoms with Crippen LogP contribution < -0.4 is 19.5 Å². The first-order valence-corrected chi connectivity index (χ1v) is 11.9. The second kappa shape index (κ2) is 9.56. The van der Waals surface area contributed by atoms with Crippen molar-refractivity contribution in [3.05, 3.63) is 82.1 Å². The van der Waals surface area contributed by atoms with E-state index in [2.05, 4.69) is 10.0 Å². The number of amides is 1. The highest BCUT2D eigenvalue weighted by atomic mass is 35.5. The summed E-state index contributed by atoms with van der Waals surface area (Å²) < 4.78 is 53.5. The number of para-hydroxylation sites is 2. The number of halogens is 3. The molecule has 3 aromatic rings. The Morgan fingerprint density at radius 2 is 1.79 bits per heavy atom. The standard InChI is InChI=1S/C22H17Cl2FN2O5S/c23-17-7-5-13(9-18(17)24)27-22(28)16-10-15(6-8-19(16)25)33(29,30)26-11-14-12-31-20-3-1-2-4-21(20)32-14/h1-10,14,26H,11-12H2,(H,27,28)/t14-/m0/s1. The molecule has 0 aliphatic carbocycles. The predicted octanol–water partition coefficient (Wildman–Crippen LogP) is 4.50. The molecule has 0 fully saturated rings. The molecule has 2 N–H and O–H groups in total. The van der Waals surface area contributed by atoms with Gasteiger partial charge < -0.3 is 14.8 Å². The van der Waals surface area contributed by atoms with Crippen molar-refractivity contribution in [1.29, 1.82) is 0 Å². The summed E-state index contributed by atoms with van der Waals surface area (Å²) in [5.74, 6) is -0.639. The van der Waals surface area contributed by atoms with Gasteiger partial charge in [0.25, 0.3) is 5.91 Å². The molecule has 3 aromatic carbocycles. The van der Waals surface area contributed by atoms with Gasteiger partial charge in [-0.15, -0.1) is 0 Å². The van der Waals surface area contributed by atoms with Gasteiger partial charge in [-0.2, -0.15) is 0 Å². The van der Waals surface area contributed by atoms with Crippen LogP contribution in [0.1, 0.15) is 10.4 Å². The number of fused-ring (bicyclic) bond motifs is 1. The lowest BCUT2D eigenvalue weighted by molar-refractivity contribution is 0.0943. The Morgan fingerprint density at radius 3 is 2.55 bits per heavy atom. The number of hydrogen-bond acceptors (Lipinski definition) is 5. The lowest BCUT2D eigenvalue weighted by Crippen LogP contribution is -2.40. The molecular formula is C22H17Cl2FN2O5S. The fraction of sp³-hybridized carbons (Fsp3) is 0.136. The van der Waals surface area contributed by atoms with Gasteiger partial charge >= 0.3 is 0 Å². The van der Waals surface area contributed by atoms with Gasteiger partial charge in [-0.25, -0.2) is 17.5 Å². The topological polar surface area (TPSA) is 93.7 Å². The molecular weight excluding hydrogens is 494 g/mol. The third-order valence-electron chi connectivity index (χ3n) is 4.74. The minimum absolute atomic E-state index is 0.0845. The maximum absolute atomic E-state index is 14.3. The Bertz CT molecular complexity index is 1320. The number of anilines is 1. The van der Waals surface area contributed by atoms with Gasteiger partial charge in [0.2, 0.25) is 10.0 Å². The van der Waals surface area contributed by atoms with E-state index in [1.54, 1.807) is 24.3 Å². The molecule has 1 amide bonds. The number of sulfonamides is 1. The lowest BCUT2D eigenvalue weighted by Gasteiger charge is -2.26. The van der Waals surface area contributed by atoms with Crippen LogP contribution in [0, 0.1) is 5.82 Å². The van der Waals surface area contributed by atoms with Crippen molar-refractivity contribution in [2.75, 3.05) is 18.5 Å². The fourth-order valence-corrected chi connectivity index (χ4v) is 4.46. The molecule has 0 bridgehead atoms. The van der Waals surface area contributed by atoms with Crippen LogP contribution in [0.25, 0.3) is 0 Å². The van der Waals surface area contributed by atoms with E-state index >= 15 is 0 Å². The molecule has 33 heavy (non-hydrogen) atoms. The predicted molar refractivity (Wildman–Crippen MR) is 122 cm³/mol. The molecule has 0 unspecified atom stereocenters. The molecule has 7 nitrogen and oxygen atoms in total. The molecule has 1 atom stereocenters. The number of hydrogen-bond donors (Lipinski definition) is 2. The minimum Gasteiger partial charge on any atom is -0.486 e. The Labute approximate surface area is 199 Å². The van der Waals surface area contributed by atoms with E-state index in [-0.39, 0.29) is 33.8 Å². The number of ether oxygens (including phenoxy) is 2. The molecule has 0 saturated heterocycles. The van der Waals surface area contributed by atoms with Gasteiger partial charge in [0.05, 0.1) is 27.0 Å². The van der Waals surface area contributed by atoms with Crippen molar-refractivity contribution in [3.63, 3.8) is 0 Å². The van der Waals surface area contributed by atoms with Gasteiger partial charge in [-0.1, -0.05) is 35.3 Å². The van der Waals surface area contributed by atoms with Gasteiger partial charge in [-0.3, -0.25) is 4.79 Å². The van der Waals surface area contributed by atoms with E-state index < -0.39 is 33.4 Å². The summed E-state index contributed by atoms with van der Waals surface area (Å²) in [5.41, 5.74) is -0.176. The van der Waals surface area contributed by atoms with Crippen LogP contribution in [-0.4, -0.2) is 33.6 Å². The highest BCUT2D eigenvalue weighted by Gasteiger charge is 2.25. The highest BCUT2D eigenvalue weighted by Crippen LogP contribution is 2.31. The Kier molecular flexibility index (Phi) is 6.76. The second-order valence-corrected chi connectivity index (χ2v) is 9.66. The fourth-order valence-electron chi connectivity index (χ4n) is 3.07. The average molecular weight is 511 g/mol. The van der Waals surface area contributed by atoms with Gasteiger partial charge in [-0.05, 0) is 48.5 Å². The maximum Gasteiger partial charge on any atom is 0.258 e. The van der Waals surface area contributed by atoms with E-state index in [0.717, 1.165) is 18.2 Å². The van der Waals surface area contributed by atoms with Gasteiger partial charge in [0.15, 0.2) is 11.5 Å². The number of nitrogens with one attached hydrogen (secondary N) is 2. The monoisotopic (exact) mass is 510 g/mol. The van der Waals surface area contributed by atoms with Crippen LogP contribution in [0.2, 0.25) is 10.0 Å². The Balaban J connectivity index is 1.46. The van der Waals surface area contributed by atoms with Crippen molar-refractivity contribution >= 4 is 44.8 Å². The molecule has 1 heterocycles. The van der Waals surface area contributed by atoms with Crippen LogP contribution in [0.3, 0.4) is 0 Å². The lowest BCUT2D eigenvalue weighted by atomic mass is 10.2. The smallest absolute Gasteiger partial charge is 0.258 e. The summed E-state index contributed by atoms with van der Waals surface area (Å²) in [6.45, 7) is 0.0686. The quantitative estimate of drug-likeness (QED) is 0.509. The molecule has 1 aliphatic heterocycles. The van der Waals surface area contributed by atoms with Crippen molar-refractivity contribution in [3.8, 4) is 11.5 Å². The van der Waals surface area contributed by atoms with Crippen molar-refractivity contribution in [2.45, 2.75) is 11.0 Å². The first-order chi connectivity index (χ1) is 15.7. The number of carbonyl (C=O) groups is 1. The van der Waals surface area contributed by atoms with Crippen molar-refractivity contribution in [1.82, 2.24) is 4.72 Å². The number of carbonyl (C=O) groups excluding carboxylic acids is 1. The molecule has 1 aliphatic rings. The van der Waals surface area contributed by atoms with E-state index in [9.17, 15) is 17.6 Å². The Morgan fingerprint density at radius 1 is 1.03 bits per heavy atom. The van der Waals surface area contributed by atoms with Gasteiger partial charge in [0.1, 0.15) is 18.5 Å². The average Bonchev–Trinajstić information content (AvgIpc) is 2.80. The van der Waals surface area contributed by atoms with Crippen LogP contribution in [-0.2, 0) is 10.0 Å². The van der Waals surface area contributed by atoms with Crippen molar-refractivity contribution in [2.24, 2.45) is 0 Å². The molecule has 0 aromatic heterocycles. The number of benzene rings is 3. The van der Waals surface area contributed by atoms with Crippen LogP contribution in [0.5, 0.6) is 11.5 Å². The normalized spacial score (nSPS) is 15.2. The summed E-state index contributed by atoms with van der Waals surface area (Å²) in [5, 5.41) is 2.95. The summed E-state index contributed by atoms with van der Waals surface area (Å²) >= 11 is 11.8. The van der Waals surface area contributed by atoms with Crippen LogP contribution >= 0.6 is 23.2 Å². The molecule has 0 spiro atoms. The molecule has 11 heteroatoms. The third kappa shape index (κ3) is 5.39. The molecule has 0 saturated carbocycles. The van der Waals surface area contributed by atoms with Gasteiger partial charge in [0, 0.05) is 5.69 Å². The highest BCUT2D eigenvalue weighted by molar-refractivity contribution is 7.89. The zero-order valence-corrected chi connectivity index (χ0v) is 19.2. The van der Waals surface area contributed by atoms with E-state index in [1.807, 2.05) is 0 Å². The van der Waals surface area contributed by atoms with E-state index in [4.69, 9.17) is 32.7 Å². The Hall–Kier alpha value is -2.85. The summed E-state index contributed by atoms with van der Waals surface area (Å²) in [7, 11) is -4.07. The molecule has 0 radical (unpaired) electrons. The van der Waals surface area contributed by atoms with Crippen molar-refractivity contribution < 1.29 is 27.1 Å². The maximum atomic E-state index is 14.3. The largest absolute Gasteiger partial charge is 0.486 e. The zero-order valence-electron chi connectivity index (χ0n) is 16.8. The third-order valence-corrected chi connectivity index (χ3v) is 6.90.